The van der Waals surface area contributed by atoms with Gasteiger partial charge in [0.2, 0.25) is 5.89 Å². The number of hydrogen-bond donors (Lipinski definition) is 2. The highest BCUT2D eigenvalue weighted by Crippen LogP contribution is 2.32. The zero-order valence-electron chi connectivity index (χ0n) is 14.5. The standard InChI is InChI=1S/C19H27N3O2/c1-3-18-21-19(24-22-18)14-8-10-15(11-9-14)20-12-17(23)16-7-5-4-6-13(16)2/h4-7,14-15,17,20,23H,3,8-12H2,1-2H3. The Kier molecular flexibility index (Phi) is 5.63. The maximum absolute atomic E-state index is 10.4. The Balaban J connectivity index is 1.46. The summed E-state index contributed by atoms with van der Waals surface area (Å²) in [5.41, 5.74) is 2.15. The van der Waals surface area contributed by atoms with Gasteiger partial charge in [0.15, 0.2) is 5.82 Å². The third-order valence-corrected chi connectivity index (χ3v) is 5.02. The lowest BCUT2D eigenvalue weighted by Crippen LogP contribution is -2.35. The third-order valence-electron chi connectivity index (χ3n) is 5.02. The van der Waals surface area contributed by atoms with Crippen molar-refractivity contribution in [2.45, 2.75) is 64.0 Å². The molecule has 1 aromatic carbocycles. The Morgan fingerprint density at radius 2 is 2.00 bits per heavy atom. The molecule has 3 rings (SSSR count). The number of aryl methyl sites for hydroxylation is 2. The maximum atomic E-state index is 10.4. The van der Waals surface area contributed by atoms with Gasteiger partial charge in [0.05, 0.1) is 6.10 Å². The van der Waals surface area contributed by atoms with Crippen LogP contribution in [0.5, 0.6) is 0 Å². The van der Waals surface area contributed by atoms with Crippen LogP contribution in [0.2, 0.25) is 0 Å². The Labute approximate surface area is 143 Å². The van der Waals surface area contributed by atoms with Crippen molar-refractivity contribution < 1.29 is 9.63 Å². The summed E-state index contributed by atoms with van der Waals surface area (Å²) >= 11 is 0. The lowest BCUT2D eigenvalue weighted by molar-refractivity contribution is 0.163. The van der Waals surface area contributed by atoms with Crippen molar-refractivity contribution in [2.24, 2.45) is 0 Å². The molecule has 0 amide bonds. The molecule has 1 aliphatic carbocycles. The molecule has 0 saturated heterocycles. The van der Waals surface area contributed by atoms with Crippen LogP contribution in [0.3, 0.4) is 0 Å². The molecule has 0 radical (unpaired) electrons. The van der Waals surface area contributed by atoms with E-state index in [1.54, 1.807) is 0 Å². The minimum atomic E-state index is -0.452. The zero-order chi connectivity index (χ0) is 16.9. The molecular formula is C19H27N3O2. The van der Waals surface area contributed by atoms with E-state index >= 15 is 0 Å². The minimum absolute atomic E-state index is 0.386. The van der Waals surface area contributed by atoms with E-state index in [1.807, 2.05) is 38.1 Å². The number of benzene rings is 1. The van der Waals surface area contributed by atoms with Gasteiger partial charge in [-0.3, -0.25) is 0 Å². The highest BCUT2D eigenvalue weighted by molar-refractivity contribution is 5.27. The SMILES string of the molecule is CCc1noc(C2CCC(NCC(O)c3ccccc3C)CC2)n1. The fraction of sp³-hybridized carbons (Fsp3) is 0.579. The topological polar surface area (TPSA) is 71.2 Å². The number of nitrogens with one attached hydrogen (secondary N) is 1. The van der Waals surface area contributed by atoms with Crippen molar-refractivity contribution in [2.75, 3.05) is 6.54 Å². The van der Waals surface area contributed by atoms with Crippen molar-refractivity contribution in [1.29, 1.82) is 0 Å². The molecule has 24 heavy (non-hydrogen) atoms. The van der Waals surface area contributed by atoms with Crippen LogP contribution < -0.4 is 5.32 Å². The number of hydrogen-bond acceptors (Lipinski definition) is 5. The van der Waals surface area contributed by atoms with Crippen LogP contribution in [0.25, 0.3) is 0 Å². The number of nitrogens with zero attached hydrogens (tertiary/aromatic N) is 2. The van der Waals surface area contributed by atoms with Gasteiger partial charge in [0.1, 0.15) is 0 Å². The molecule has 1 fully saturated rings. The van der Waals surface area contributed by atoms with Crippen LogP contribution >= 0.6 is 0 Å². The van der Waals surface area contributed by atoms with Gasteiger partial charge in [-0.25, -0.2) is 0 Å². The average Bonchev–Trinajstić information content (AvgIpc) is 3.10. The molecule has 2 aromatic rings. The summed E-state index contributed by atoms with van der Waals surface area (Å²) in [6, 6.07) is 8.47. The molecule has 0 bridgehead atoms. The van der Waals surface area contributed by atoms with Crippen LogP contribution in [-0.2, 0) is 6.42 Å². The molecule has 1 aliphatic rings. The molecule has 1 atom stereocenters. The van der Waals surface area contributed by atoms with Gasteiger partial charge in [-0.1, -0.05) is 36.3 Å². The van der Waals surface area contributed by atoms with Gasteiger partial charge in [-0.2, -0.15) is 4.98 Å². The average molecular weight is 329 g/mol. The molecule has 5 nitrogen and oxygen atoms in total. The molecule has 1 heterocycles. The molecule has 1 aromatic heterocycles. The summed E-state index contributed by atoms with van der Waals surface area (Å²) in [7, 11) is 0. The maximum Gasteiger partial charge on any atom is 0.229 e. The molecule has 5 heteroatoms. The molecule has 0 aliphatic heterocycles. The summed E-state index contributed by atoms with van der Waals surface area (Å²) in [6.07, 6.45) is 4.64. The van der Waals surface area contributed by atoms with Crippen LogP contribution in [-0.4, -0.2) is 27.8 Å². The third kappa shape index (κ3) is 4.02. The quantitative estimate of drug-likeness (QED) is 0.851. The highest BCUT2D eigenvalue weighted by Gasteiger charge is 2.26. The predicted octanol–water partition coefficient (Wildman–Crippen LogP) is 3.29. The monoisotopic (exact) mass is 329 g/mol. The molecule has 0 spiro atoms. The summed E-state index contributed by atoms with van der Waals surface area (Å²) in [4.78, 5) is 4.46. The second-order valence-corrected chi connectivity index (χ2v) is 6.73. The van der Waals surface area contributed by atoms with E-state index in [2.05, 4.69) is 15.5 Å². The van der Waals surface area contributed by atoms with Crippen molar-refractivity contribution in [1.82, 2.24) is 15.5 Å². The van der Waals surface area contributed by atoms with Gasteiger partial charge in [0.25, 0.3) is 0 Å². The van der Waals surface area contributed by atoms with Gasteiger partial charge in [0, 0.05) is 24.9 Å². The number of rotatable bonds is 6. The van der Waals surface area contributed by atoms with Crippen LogP contribution in [0.1, 0.15) is 67.5 Å². The fourth-order valence-electron chi connectivity index (χ4n) is 3.47. The Morgan fingerprint density at radius 3 is 2.67 bits per heavy atom. The molecule has 1 unspecified atom stereocenters. The molecular weight excluding hydrogens is 302 g/mol. The van der Waals surface area contributed by atoms with Crippen molar-refractivity contribution in [3.8, 4) is 0 Å². The normalized spacial score (nSPS) is 22.5. The summed E-state index contributed by atoms with van der Waals surface area (Å²) in [5.74, 6) is 1.98. The number of aromatic nitrogens is 2. The number of aliphatic hydroxyl groups is 1. The van der Waals surface area contributed by atoms with Crippen molar-refractivity contribution >= 4 is 0 Å². The van der Waals surface area contributed by atoms with E-state index in [9.17, 15) is 5.11 Å². The first kappa shape index (κ1) is 17.1. The van der Waals surface area contributed by atoms with Gasteiger partial charge >= 0.3 is 0 Å². The first-order chi connectivity index (χ1) is 11.7. The van der Waals surface area contributed by atoms with E-state index in [0.717, 1.165) is 54.9 Å². The Bertz CT molecular complexity index is 648. The fourth-order valence-corrected chi connectivity index (χ4v) is 3.47. The predicted molar refractivity (Wildman–Crippen MR) is 92.8 cm³/mol. The highest BCUT2D eigenvalue weighted by atomic mass is 16.5. The van der Waals surface area contributed by atoms with Crippen LogP contribution in [0.15, 0.2) is 28.8 Å². The van der Waals surface area contributed by atoms with E-state index in [1.165, 1.54) is 0 Å². The van der Waals surface area contributed by atoms with E-state index in [4.69, 9.17) is 4.52 Å². The lowest BCUT2D eigenvalue weighted by Gasteiger charge is -2.28. The second kappa shape index (κ2) is 7.90. The van der Waals surface area contributed by atoms with E-state index < -0.39 is 6.10 Å². The molecule has 2 N–H and O–H groups in total. The zero-order valence-corrected chi connectivity index (χ0v) is 14.5. The first-order valence-corrected chi connectivity index (χ1v) is 8.96. The summed E-state index contributed by atoms with van der Waals surface area (Å²) in [6.45, 7) is 4.68. The van der Waals surface area contributed by atoms with Crippen molar-refractivity contribution in [3.63, 3.8) is 0 Å². The van der Waals surface area contributed by atoms with E-state index in [0.29, 0.717) is 18.5 Å². The summed E-state index contributed by atoms with van der Waals surface area (Å²) < 4.78 is 5.38. The summed E-state index contributed by atoms with van der Waals surface area (Å²) in [5, 5.41) is 17.9. The Hall–Kier alpha value is -1.72. The van der Waals surface area contributed by atoms with Gasteiger partial charge in [-0.15, -0.1) is 0 Å². The lowest BCUT2D eigenvalue weighted by atomic mass is 9.86. The van der Waals surface area contributed by atoms with Gasteiger partial charge in [-0.05, 0) is 43.7 Å². The first-order valence-electron chi connectivity index (χ1n) is 8.96. The molecule has 130 valence electrons. The van der Waals surface area contributed by atoms with Crippen LogP contribution in [0.4, 0.5) is 0 Å². The van der Waals surface area contributed by atoms with Crippen molar-refractivity contribution in [3.05, 3.63) is 47.1 Å². The van der Waals surface area contributed by atoms with Gasteiger partial charge < -0.3 is 14.9 Å². The minimum Gasteiger partial charge on any atom is -0.387 e. The molecule has 1 saturated carbocycles. The Morgan fingerprint density at radius 1 is 1.25 bits per heavy atom. The van der Waals surface area contributed by atoms with E-state index in [-0.39, 0.29) is 0 Å². The van der Waals surface area contributed by atoms with Crippen LogP contribution in [0, 0.1) is 6.92 Å². The second-order valence-electron chi connectivity index (χ2n) is 6.73. The number of aliphatic hydroxyl groups excluding tert-OH is 1. The smallest absolute Gasteiger partial charge is 0.229 e. The largest absolute Gasteiger partial charge is 0.387 e.